The number of rotatable bonds is 4. The summed E-state index contributed by atoms with van der Waals surface area (Å²) in [6.07, 6.45) is -0.557. The van der Waals surface area contributed by atoms with Gasteiger partial charge in [0.05, 0.1) is 6.54 Å². The van der Waals surface area contributed by atoms with Gasteiger partial charge in [0.1, 0.15) is 17.2 Å². The summed E-state index contributed by atoms with van der Waals surface area (Å²) in [6.45, 7) is 6.60. The fourth-order valence-electron chi connectivity index (χ4n) is 1.50. The number of hydrogen-bond acceptors (Lipinski definition) is 5. The lowest BCUT2D eigenvalue weighted by Crippen LogP contribution is -2.37. The quantitative estimate of drug-likeness (QED) is 0.450. The minimum Gasteiger partial charge on any atom is -0.508 e. The molecule has 0 aromatic heterocycles. The Hall–Kier alpha value is -2.08. The Balaban J connectivity index is 2.85. The van der Waals surface area contributed by atoms with Crippen molar-refractivity contribution in [2.24, 2.45) is 4.99 Å². The van der Waals surface area contributed by atoms with Gasteiger partial charge >= 0.3 is 6.09 Å². The molecule has 0 unspecified atom stereocenters. The van der Waals surface area contributed by atoms with Gasteiger partial charge in [-0.2, -0.15) is 0 Å². The second-order valence-corrected chi connectivity index (χ2v) is 5.51. The fraction of sp³-hybridized carbons (Fsp3) is 0.467. The molecule has 3 N–H and O–H groups in total. The SMILES string of the molecule is CNCCN=C(NC(=O)OC(C)(C)C)c1ccc(O)cc1. The molecule has 0 saturated heterocycles. The van der Waals surface area contributed by atoms with Crippen molar-refractivity contribution in [1.82, 2.24) is 10.6 Å². The molecule has 0 bridgehead atoms. The van der Waals surface area contributed by atoms with Gasteiger partial charge < -0.3 is 15.2 Å². The number of nitrogens with zero attached hydrogens (tertiary/aromatic N) is 1. The maximum atomic E-state index is 11.9. The summed E-state index contributed by atoms with van der Waals surface area (Å²) in [7, 11) is 1.83. The molecule has 0 atom stereocenters. The summed E-state index contributed by atoms with van der Waals surface area (Å²) in [5.41, 5.74) is 0.129. The Morgan fingerprint density at radius 2 is 1.90 bits per heavy atom. The highest BCUT2D eigenvalue weighted by molar-refractivity contribution is 6.06. The van der Waals surface area contributed by atoms with Gasteiger partial charge in [0, 0.05) is 12.1 Å². The van der Waals surface area contributed by atoms with Gasteiger partial charge in [-0.25, -0.2) is 4.79 Å². The number of amidine groups is 1. The molecule has 1 aromatic carbocycles. The number of carbonyl (C=O) groups is 1. The third-order valence-electron chi connectivity index (χ3n) is 2.39. The highest BCUT2D eigenvalue weighted by Crippen LogP contribution is 2.11. The van der Waals surface area contributed by atoms with Gasteiger partial charge in [-0.1, -0.05) is 0 Å². The predicted octanol–water partition coefficient (Wildman–Crippen LogP) is 1.88. The summed E-state index contributed by atoms with van der Waals surface area (Å²) < 4.78 is 5.22. The van der Waals surface area contributed by atoms with E-state index in [0.29, 0.717) is 24.5 Å². The van der Waals surface area contributed by atoms with Crippen LogP contribution in [0.4, 0.5) is 4.79 Å². The van der Waals surface area contributed by atoms with Crippen LogP contribution < -0.4 is 10.6 Å². The number of phenolic OH excluding ortho intramolecular Hbond substituents is 1. The maximum Gasteiger partial charge on any atom is 0.413 e. The Morgan fingerprint density at radius 1 is 1.29 bits per heavy atom. The van der Waals surface area contributed by atoms with Crippen LogP contribution in [0, 0.1) is 0 Å². The molecule has 0 radical (unpaired) electrons. The summed E-state index contributed by atoms with van der Waals surface area (Å²) >= 11 is 0. The molecule has 0 aliphatic heterocycles. The number of likely N-dealkylation sites (N-methyl/N-ethyl adjacent to an activating group) is 1. The van der Waals surface area contributed by atoms with E-state index in [1.807, 2.05) is 7.05 Å². The maximum absolute atomic E-state index is 11.9. The lowest BCUT2D eigenvalue weighted by molar-refractivity contribution is 0.0563. The number of phenols is 1. The van der Waals surface area contributed by atoms with E-state index in [1.165, 1.54) is 0 Å². The lowest BCUT2D eigenvalue weighted by atomic mass is 10.2. The minimum atomic E-state index is -0.574. The second-order valence-electron chi connectivity index (χ2n) is 5.51. The van der Waals surface area contributed by atoms with Gasteiger partial charge in [0.2, 0.25) is 0 Å². The van der Waals surface area contributed by atoms with Crippen molar-refractivity contribution >= 4 is 11.9 Å². The van der Waals surface area contributed by atoms with Crippen LogP contribution in [0.25, 0.3) is 0 Å². The van der Waals surface area contributed by atoms with E-state index in [2.05, 4.69) is 15.6 Å². The summed E-state index contributed by atoms with van der Waals surface area (Å²) in [4.78, 5) is 16.2. The van der Waals surface area contributed by atoms with Crippen LogP contribution in [-0.4, -0.2) is 42.8 Å². The Labute approximate surface area is 125 Å². The van der Waals surface area contributed by atoms with E-state index < -0.39 is 11.7 Å². The molecule has 1 rings (SSSR count). The molecule has 0 saturated carbocycles. The summed E-state index contributed by atoms with van der Waals surface area (Å²) in [5.74, 6) is 0.574. The molecule has 0 aliphatic rings. The molecule has 0 heterocycles. The summed E-state index contributed by atoms with van der Waals surface area (Å²) in [5, 5.41) is 15.0. The van der Waals surface area contributed by atoms with E-state index in [0.717, 1.165) is 0 Å². The van der Waals surface area contributed by atoms with Gasteiger partial charge in [-0.3, -0.25) is 10.3 Å². The van der Waals surface area contributed by atoms with Crippen LogP contribution in [0.3, 0.4) is 0 Å². The number of aliphatic imine (C=N–C) groups is 1. The van der Waals surface area contributed by atoms with Gasteiger partial charge in [0.25, 0.3) is 0 Å². The molecule has 0 spiro atoms. The van der Waals surface area contributed by atoms with E-state index in [4.69, 9.17) is 4.74 Å². The number of hydrogen-bond donors (Lipinski definition) is 3. The molecular weight excluding hydrogens is 270 g/mol. The molecule has 6 heteroatoms. The zero-order chi connectivity index (χ0) is 15.9. The van der Waals surface area contributed by atoms with Crippen molar-refractivity contribution in [2.75, 3.05) is 20.1 Å². The van der Waals surface area contributed by atoms with Crippen LogP contribution in [0.5, 0.6) is 5.75 Å². The molecule has 0 fully saturated rings. The fourth-order valence-corrected chi connectivity index (χ4v) is 1.50. The first-order chi connectivity index (χ1) is 9.81. The average molecular weight is 293 g/mol. The molecule has 116 valence electrons. The van der Waals surface area contributed by atoms with E-state index in [9.17, 15) is 9.90 Å². The van der Waals surface area contributed by atoms with Crippen LogP contribution in [0.1, 0.15) is 26.3 Å². The first kappa shape index (κ1) is 17.0. The van der Waals surface area contributed by atoms with Crippen LogP contribution in [0.2, 0.25) is 0 Å². The second kappa shape index (κ2) is 7.64. The van der Waals surface area contributed by atoms with Crippen molar-refractivity contribution in [1.29, 1.82) is 0 Å². The number of ether oxygens (including phenoxy) is 1. The number of nitrogens with one attached hydrogen (secondary N) is 2. The Bertz CT molecular complexity index is 490. The standard InChI is InChI=1S/C15H23N3O3/c1-15(2,3)21-14(20)18-13(17-10-9-16-4)11-5-7-12(19)8-6-11/h5-8,16,19H,9-10H2,1-4H3,(H,17,18,20). The molecular formula is C15H23N3O3. The molecule has 21 heavy (non-hydrogen) atoms. The highest BCUT2D eigenvalue weighted by Gasteiger charge is 2.18. The topological polar surface area (TPSA) is 83.0 Å². The van der Waals surface area contributed by atoms with Crippen molar-refractivity contribution in [2.45, 2.75) is 26.4 Å². The first-order valence-electron chi connectivity index (χ1n) is 6.80. The zero-order valence-electron chi connectivity index (χ0n) is 12.9. The molecule has 0 aliphatic carbocycles. The predicted molar refractivity (Wildman–Crippen MR) is 82.8 cm³/mol. The number of alkyl carbamates (subject to hydrolysis) is 1. The highest BCUT2D eigenvalue weighted by atomic mass is 16.6. The van der Waals surface area contributed by atoms with E-state index >= 15 is 0 Å². The molecule has 1 amide bonds. The van der Waals surface area contributed by atoms with E-state index in [-0.39, 0.29) is 5.75 Å². The van der Waals surface area contributed by atoms with E-state index in [1.54, 1.807) is 45.0 Å². The average Bonchev–Trinajstić information content (AvgIpc) is 2.36. The van der Waals surface area contributed by atoms with Gasteiger partial charge in [-0.05, 0) is 52.1 Å². The lowest BCUT2D eigenvalue weighted by Gasteiger charge is -2.20. The summed E-state index contributed by atoms with van der Waals surface area (Å²) in [6, 6.07) is 6.45. The normalized spacial score (nSPS) is 12.1. The smallest absolute Gasteiger partial charge is 0.413 e. The monoisotopic (exact) mass is 293 g/mol. The van der Waals surface area contributed by atoms with Crippen molar-refractivity contribution in [3.63, 3.8) is 0 Å². The number of benzene rings is 1. The number of aromatic hydroxyl groups is 1. The minimum absolute atomic E-state index is 0.158. The molecule has 1 aromatic rings. The third kappa shape index (κ3) is 6.76. The van der Waals surface area contributed by atoms with Crippen LogP contribution in [-0.2, 0) is 4.74 Å². The molecule has 6 nitrogen and oxygen atoms in total. The van der Waals surface area contributed by atoms with Crippen molar-refractivity contribution < 1.29 is 14.6 Å². The number of carbonyl (C=O) groups excluding carboxylic acids is 1. The van der Waals surface area contributed by atoms with Crippen molar-refractivity contribution in [3.05, 3.63) is 29.8 Å². The Morgan fingerprint density at radius 3 is 2.43 bits per heavy atom. The Kier molecular flexibility index (Phi) is 6.17. The zero-order valence-corrected chi connectivity index (χ0v) is 12.9. The number of amides is 1. The first-order valence-corrected chi connectivity index (χ1v) is 6.80. The van der Waals surface area contributed by atoms with Crippen molar-refractivity contribution in [3.8, 4) is 5.75 Å². The van der Waals surface area contributed by atoms with Gasteiger partial charge in [-0.15, -0.1) is 0 Å². The van der Waals surface area contributed by atoms with Crippen LogP contribution in [0.15, 0.2) is 29.3 Å². The third-order valence-corrected chi connectivity index (χ3v) is 2.39. The largest absolute Gasteiger partial charge is 0.508 e. The van der Waals surface area contributed by atoms with Gasteiger partial charge in [0.15, 0.2) is 0 Å². The van der Waals surface area contributed by atoms with Crippen LogP contribution >= 0.6 is 0 Å².